The van der Waals surface area contributed by atoms with Crippen LogP contribution in [0, 0.1) is 13.8 Å². The number of rotatable bonds is 5. The lowest BCUT2D eigenvalue weighted by Gasteiger charge is -2.23. The Bertz CT molecular complexity index is 794. The highest BCUT2D eigenvalue weighted by Gasteiger charge is 2.20. The molecule has 0 aliphatic carbocycles. The van der Waals surface area contributed by atoms with Crippen molar-refractivity contribution in [1.29, 1.82) is 0 Å². The summed E-state index contributed by atoms with van der Waals surface area (Å²) in [6, 6.07) is 9.22. The van der Waals surface area contributed by atoms with Crippen LogP contribution in [0.5, 0.6) is 5.75 Å². The van der Waals surface area contributed by atoms with Gasteiger partial charge < -0.3 is 15.0 Å². The zero-order valence-corrected chi connectivity index (χ0v) is 16.5. The maximum absolute atomic E-state index is 12.4. The van der Waals surface area contributed by atoms with E-state index in [4.69, 9.17) is 27.9 Å². The van der Waals surface area contributed by atoms with Crippen molar-refractivity contribution in [2.24, 2.45) is 0 Å². The van der Waals surface area contributed by atoms with Crippen LogP contribution in [0.1, 0.15) is 24.0 Å². The highest BCUT2D eigenvalue weighted by atomic mass is 35.5. The molecule has 0 spiro atoms. The van der Waals surface area contributed by atoms with Crippen LogP contribution in [0.2, 0.25) is 10.0 Å². The first kappa shape index (κ1) is 18.9. The summed E-state index contributed by atoms with van der Waals surface area (Å²) in [5, 5.41) is 4.29. The molecule has 2 aromatic carbocycles. The zero-order valence-electron chi connectivity index (χ0n) is 14.9. The number of carbonyl (C=O) groups excluding carboxylic acids is 1. The number of aryl methyl sites for hydroxylation is 2. The van der Waals surface area contributed by atoms with E-state index in [1.807, 2.05) is 44.2 Å². The Balaban J connectivity index is 1.68. The van der Waals surface area contributed by atoms with E-state index < -0.39 is 0 Å². The molecule has 0 atom stereocenters. The summed E-state index contributed by atoms with van der Waals surface area (Å²) in [6.07, 6.45) is 2.27. The van der Waals surface area contributed by atoms with Gasteiger partial charge in [-0.3, -0.25) is 4.79 Å². The lowest BCUT2D eigenvalue weighted by atomic mass is 10.1. The van der Waals surface area contributed by atoms with E-state index in [0.29, 0.717) is 10.8 Å². The standard InChI is InChI=1S/C20H22Cl2N2O2/c1-13-10-15(11-14(2)19(13)22)26-12-18(25)23-17-7-5-6-16(21)20(17)24-8-3-4-9-24/h5-7,10-11H,3-4,8-9,12H2,1-2H3,(H,23,25). The number of halogens is 2. The van der Waals surface area contributed by atoms with Crippen LogP contribution in [0.15, 0.2) is 30.3 Å². The summed E-state index contributed by atoms with van der Waals surface area (Å²) in [6.45, 7) is 5.65. The summed E-state index contributed by atoms with van der Waals surface area (Å²) in [4.78, 5) is 14.6. The second-order valence-electron chi connectivity index (χ2n) is 6.54. The quantitative estimate of drug-likeness (QED) is 0.757. The largest absolute Gasteiger partial charge is 0.484 e. The van der Waals surface area contributed by atoms with E-state index in [1.54, 1.807) is 0 Å². The Morgan fingerprint density at radius 2 is 1.81 bits per heavy atom. The minimum atomic E-state index is -0.224. The molecule has 6 heteroatoms. The molecule has 1 aliphatic rings. The number of ether oxygens (including phenoxy) is 1. The van der Waals surface area contributed by atoms with Crippen molar-refractivity contribution in [2.75, 3.05) is 29.9 Å². The van der Waals surface area contributed by atoms with Crippen molar-refractivity contribution in [3.8, 4) is 5.75 Å². The highest BCUT2D eigenvalue weighted by Crippen LogP contribution is 2.36. The molecule has 0 bridgehead atoms. The van der Waals surface area contributed by atoms with Crippen LogP contribution in [-0.4, -0.2) is 25.6 Å². The molecule has 1 fully saturated rings. The van der Waals surface area contributed by atoms with Crippen molar-refractivity contribution in [2.45, 2.75) is 26.7 Å². The van der Waals surface area contributed by atoms with Crippen LogP contribution in [0.4, 0.5) is 11.4 Å². The van der Waals surface area contributed by atoms with Crippen molar-refractivity contribution < 1.29 is 9.53 Å². The molecular formula is C20H22Cl2N2O2. The second kappa shape index (κ2) is 8.19. The van der Waals surface area contributed by atoms with E-state index in [2.05, 4.69) is 10.2 Å². The summed E-state index contributed by atoms with van der Waals surface area (Å²) < 4.78 is 5.63. The van der Waals surface area contributed by atoms with E-state index >= 15 is 0 Å². The Kier molecular flexibility index (Phi) is 5.94. The van der Waals surface area contributed by atoms with Gasteiger partial charge in [0.25, 0.3) is 5.91 Å². The Labute approximate surface area is 164 Å². The summed E-state index contributed by atoms with van der Waals surface area (Å²) >= 11 is 12.5. The van der Waals surface area contributed by atoms with Gasteiger partial charge in [-0.2, -0.15) is 0 Å². The fourth-order valence-corrected chi connectivity index (χ4v) is 3.61. The maximum atomic E-state index is 12.4. The van der Waals surface area contributed by atoms with Gasteiger partial charge in [-0.05, 0) is 62.1 Å². The van der Waals surface area contributed by atoms with Gasteiger partial charge in [-0.1, -0.05) is 29.3 Å². The van der Waals surface area contributed by atoms with Crippen LogP contribution >= 0.6 is 23.2 Å². The lowest BCUT2D eigenvalue weighted by molar-refractivity contribution is -0.118. The predicted molar refractivity (Wildman–Crippen MR) is 108 cm³/mol. The third kappa shape index (κ3) is 4.25. The normalized spacial score (nSPS) is 13.8. The number of anilines is 2. The monoisotopic (exact) mass is 392 g/mol. The molecule has 1 saturated heterocycles. The van der Waals surface area contributed by atoms with Gasteiger partial charge in [-0.25, -0.2) is 0 Å². The van der Waals surface area contributed by atoms with Gasteiger partial charge >= 0.3 is 0 Å². The Morgan fingerprint density at radius 3 is 2.46 bits per heavy atom. The lowest BCUT2D eigenvalue weighted by Crippen LogP contribution is -2.24. The number of nitrogens with zero attached hydrogens (tertiary/aromatic N) is 1. The molecule has 26 heavy (non-hydrogen) atoms. The molecule has 3 rings (SSSR count). The Hall–Kier alpha value is -1.91. The molecule has 1 aliphatic heterocycles. The zero-order chi connectivity index (χ0) is 18.7. The van der Waals surface area contributed by atoms with Crippen LogP contribution in [-0.2, 0) is 4.79 Å². The van der Waals surface area contributed by atoms with Crippen molar-refractivity contribution in [3.63, 3.8) is 0 Å². The fraction of sp³-hybridized carbons (Fsp3) is 0.350. The Morgan fingerprint density at radius 1 is 1.15 bits per heavy atom. The van der Waals surface area contributed by atoms with E-state index in [-0.39, 0.29) is 12.5 Å². The number of hydrogen-bond donors (Lipinski definition) is 1. The average Bonchev–Trinajstić information content (AvgIpc) is 3.12. The number of carbonyl (C=O) groups is 1. The van der Waals surface area contributed by atoms with Gasteiger partial charge in [0.1, 0.15) is 5.75 Å². The minimum Gasteiger partial charge on any atom is -0.484 e. The summed E-state index contributed by atoms with van der Waals surface area (Å²) in [5.74, 6) is 0.406. The van der Waals surface area contributed by atoms with Crippen molar-refractivity contribution >= 4 is 40.5 Å². The fourth-order valence-electron chi connectivity index (χ4n) is 3.20. The highest BCUT2D eigenvalue weighted by molar-refractivity contribution is 6.34. The van der Waals surface area contributed by atoms with Gasteiger partial charge in [0, 0.05) is 18.1 Å². The summed E-state index contributed by atoms with van der Waals surface area (Å²) in [5.41, 5.74) is 3.45. The van der Waals surface area contributed by atoms with Gasteiger partial charge in [0.15, 0.2) is 6.61 Å². The van der Waals surface area contributed by atoms with Crippen LogP contribution in [0.25, 0.3) is 0 Å². The first-order valence-electron chi connectivity index (χ1n) is 8.68. The van der Waals surface area contributed by atoms with Crippen LogP contribution in [0.3, 0.4) is 0 Å². The number of hydrogen-bond acceptors (Lipinski definition) is 3. The molecule has 2 aromatic rings. The van der Waals surface area contributed by atoms with Gasteiger partial charge in [0.05, 0.1) is 16.4 Å². The maximum Gasteiger partial charge on any atom is 0.262 e. The SMILES string of the molecule is Cc1cc(OCC(=O)Nc2cccc(Cl)c2N2CCCC2)cc(C)c1Cl. The third-order valence-electron chi connectivity index (χ3n) is 4.46. The molecule has 0 radical (unpaired) electrons. The first-order valence-corrected chi connectivity index (χ1v) is 9.44. The molecule has 0 saturated carbocycles. The van der Waals surface area contributed by atoms with Crippen molar-refractivity contribution in [1.82, 2.24) is 0 Å². The first-order chi connectivity index (χ1) is 12.5. The number of benzene rings is 2. The average molecular weight is 393 g/mol. The van der Waals surface area contributed by atoms with Gasteiger partial charge in [0.2, 0.25) is 0 Å². The molecule has 0 unspecified atom stereocenters. The topological polar surface area (TPSA) is 41.6 Å². The van der Waals surface area contributed by atoms with Gasteiger partial charge in [-0.15, -0.1) is 0 Å². The minimum absolute atomic E-state index is 0.0769. The molecule has 1 amide bonds. The molecule has 1 heterocycles. The van der Waals surface area contributed by atoms with Crippen molar-refractivity contribution in [3.05, 3.63) is 51.5 Å². The van der Waals surface area contributed by atoms with Crippen LogP contribution < -0.4 is 15.0 Å². The number of para-hydroxylation sites is 1. The summed E-state index contributed by atoms with van der Waals surface area (Å²) in [7, 11) is 0. The number of nitrogens with one attached hydrogen (secondary N) is 1. The molecule has 0 aromatic heterocycles. The molecule has 1 N–H and O–H groups in total. The van der Waals surface area contributed by atoms with E-state index in [1.165, 1.54) is 0 Å². The smallest absolute Gasteiger partial charge is 0.262 e. The molecular weight excluding hydrogens is 371 g/mol. The third-order valence-corrected chi connectivity index (χ3v) is 5.36. The molecule has 138 valence electrons. The molecule has 4 nitrogen and oxygen atoms in total. The number of amides is 1. The second-order valence-corrected chi connectivity index (χ2v) is 7.32. The van der Waals surface area contributed by atoms with E-state index in [0.717, 1.165) is 53.5 Å². The van der Waals surface area contributed by atoms with E-state index in [9.17, 15) is 4.79 Å². The predicted octanol–water partition coefficient (Wildman–Crippen LogP) is 5.23.